The van der Waals surface area contributed by atoms with E-state index in [1.54, 1.807) is 16.3 Å². The molecular weight excluding hydrogens is 390 g/mol. The van der Waals surface area contributed by atoms with Crippen LogP contribution < -0.4 is 5.56 Å². The minimum absolute atomic E-state index is 0.0741. The van der Waals surface area contributed by atoms with E-state index in [1.807, 2.05) is 85.1 Å². The average molecular weight is 410 g/mol. The maximum absolute atomic E-state index is 13.2. The van der Waals surface area contributed by atoms with E-state index >= 15 is 0 Å². The second-order valence-corrected chi connectivity index (χ2v) is 8.08. The van der Waals surface area contributed by atoms with Crippen LogP contribution in [0.2, 0.25) is 0 Å². The van der Waals surface area contributed by atoms with Gasteiger partial charge in [0, 0.05) is 17.5 Å². The quantitative estimate of drug-likeness (QED) is 0.422. The zero-order valence-electron chi connectivity index (χ0n) is 16.2. The molecule has 3 aromatic carbocycles. The molecule has 0 radical (unpaired) electrons. The van der Waals surface area contributed by atoms with Crippen molar-refractivity contribution in [2.45, 2.75) is 16.3 Å². The van der Waals surface area contributed by atoms with Gasteiger partial charge in [0.15, 0.2) is 5.82 Å². The van der Waals surface area contributed by atoms with Crippen molar-refractivity contribution in [1.82, 2.24) is 14.5 Å². The third-order valence-electron chi connectivity index (χ3n) is 4.91. The van der Waals surface area contributed by atoms with Crippen molar-refractivity contribution in [2.75, 3.05) is 0 Å². The first-order chi connectivity index (χ1) is 14.8. The number of H-pyrrole nitrogens is 1. The average Bonchev–Trinajstić information content (AvgIpc) is 3.11. The molecular formula is C25H19N3OS. The van der Waals surface area contributed by atoms with Gasteiger partial charge < -0.3 is 4.98 Å². The van der Waals surface area contributed by atoms with Gasteiger partial charge in [-0.15, -0.1) is 0 Å². The summed E-state index contributed by atoms with van der Waals surface area (Å²) < 4.78 is 1.67. The SMILES string of the molecule is O=c1c(Cc2ccccc2)nc2c(Sc3ccccc3)[nH]c(-c3ccccc3)cn1-2. The smallest absolute Gasteiger partial charge is 0.278 e. The first-order valence-electron chi connectivity index (χ1n) is 9.74. The molecule has 0 atom stereocenters. The Morgan fingerprint density at radius 3 is 2.17 bits per heavy atom. The Hall–Kier alpha value is -3.57. The standard InChI is InChI=1S/C25H19N3OS/c29-25-21(16-18-10-4-1-5-11-18)26-23-24(30-20-14-8-3-9-15-20)27-22(17-28(23)25)19-12-6-2-7-13-19/h1-15,17,27H,16H2. The van der Waals surface area contributed by atoms with Gasteiger partial charge in [-0.2, -0.15) is 0 Å². The zero-order chi connectivity index (χ0) is 20.3. The molecule has 1 N–H and O–H groups in total. The lowest BCUT2D eigenvalue weighted by Gasteiger charge is -2.12. The highest BCUT2D eigenvalue weighted by molar-refractivity contribution is 7.99. The van der Waals surface area contributed by atoms with E-state index in [1.165, 1.54) is 0 Å². The summed E-state index contributed by atoms with van der Waals surface area (Å²) in [4.78, 5) is 22.5. The topological polar surface area (TPSA) is 50.7 Å². The summed E-state index contributed by atoms with van der Waals surface area (Å²) in [6.07, 6.45) is 2.36. The molecule has 3 aromatic rings. The molecule has 30 heavy (non-hydrogen) atoms. The highest BCUT2D eigenvalue weighted by atomic mass is 32.2. The fourth-order valence-electron chi connectivity index (χ4n) is 3.43. The lowest BCUT2D eigenvalue weighted by molar-refractivity contribution is 0.906. The van der Waals surface area contributed by atoms with Crippen LogP contribution in [0.1, 0.15) is 11.3 Å². The second-order valence-electron chi connectivity index (χ2n) is 7.00. The predicted octanol–water partition coefficient (Wildman–Crippen LogP) is 5.41. The van der Waals surface area contributed by atoms with Crippen LogP contribution in [0.25, 0.3) is 17.1 Å². The first kappa shape index (κ1) is 18.5. The van der Waals surface area contributed by atoms with Crippen molar-refractivity contribution >= 4 is 11.8 Å². The summed E-state index contributed by atoms with van der Waals surface area (Å²) in [6, 6.07) is 30.1. The minimum Gasteiger partial charge on any atom is -0.345 e. The molecule has 0 spiro atoms. The van der Waals surface area contributed by atoms with Crippen LogP contribution in [0.15, 0.2) is 112 Å². The highest BCUT2D eigenvalue weighted by Gasteiger charge is 2.21. The van der Waals surface area contributed by atoms with E-state index in [0.29, 0.717) is 17.9 Å². The van der Waals surface area contributed by atoms with E-state index in [9.17, 15) is 4.79 Å². The number of aromatic amines is 1. The van der Waals surface area contributed by atoms with Crippen LogP contribution in [0.3, 0.4) is 0 Å². The molecule has 0 fully saturated rings. The molecule has 2 aliphatic heterocycles. The lowest BCUT2D eigenvalue weighted by atomic mass is 10.1. The van der Waals surface area contributed by atoms with Gasteiger partial charge in [0.25, 0.3) is 5.56 Å². The molecule has 4 nitrogen and oxygen atoms in total. The molecule has 0 bridgehead atoms. The lowest BCUT2D eigenvalue weighted by Crippen LogP contribution is -2.16. The van der Waals surface area contributed by atoms with Crippen molar-refractivity contribution in [2.24, 2.45) is 0 Å². The summed E-state index contributed by atoms with van der Waals surface area (Å²) in [5.74, 6) is 0.652. The van der Waals surface area contributed by atoms with Gasteiger partial charge >= 0.3 is 0 Å². The van der Waals surface area contributed by atoms with E-state index in [4.69, 9.17) is 4.98 Å². The monoisotopic (exact) mass is 409 g/mol. The Morgan fingerprint density at radius 2 is 1.47 bits per heavy atom. The van der Waals surface area contributed by atoms with Crippen molar-refractivity contribution < 1.29 is 0 Å². The number of nitrogens with zero attached hydrogens (tertiary/aromatic N) is 2. The van der Waals surface area contributed by atoms with Crippen LogP contribution in [0, 0.1) is 0 Å². The van der Waals surface area contributed by atoms with Crippen molar-refractivity contribution in [1.29, 1.82) is 0 Å². The number of hydrogen-bond donors (Lipinski definition) is 1. The summed E-state index contributed by atoms with van der Waals surface area (Å²) >= 11 is 1.58. The van der Waals surface area contributed by atoms with Crippen LogP contribution in [-0.2, 0) is 6.42 Å². The fourth-order valence-corrected chi connectivity index (χ4v) is 4.36. The number of benzene rings is 3. The molecule has 2 aliphatic rings. The van der Waals surface area contributed by atoms with E-state index in [-0.39, 0.29) is 5.56 Å². The maximum atomic E-state index is 13.2. The summed E-state index contributed by atoms with van der Waals surface area (Å²) in [7, 11) is 0. The number of nitrogens with one attached hydrogen (secondary N) is 1. The van der Waals surface area contributed by atoms with Crippen molar-refractivity contribution in [3.05, 3.63) is 119 Å². The molecule has 146 valence electrons. The Bertz CT molecular complexity index is 1290. The summed E-state index contributed by atoms with van der Waals surface area (Å²) in [5, 5.41) is 0.846. The predicted molar refractivity (Wildman–Crippen MR) is 121 cm³/mol. The van der Waals surface area contributed by atoms with E-state index in [0.717, 1.165) is 26.7 Å². The summed E-state index contributed by atoms with van der Waals surface area (Å²) in [5.41, 5.74) is 3.45. The van der Waals surface area contributed by atoms with Gasteiger partial charge in [0.1, 0.15) is 10.7 Å². The number of rotatable bonds is 5. The largest absolute Gasteiger partial charge is 0.345 e. The van der Waals surface area contributed by atoms with Crippen LogP contribution >= 0.6 is 11.8 Å². The molecule has 0 saturated carbocycles. The van der Waals surface area contributed by atoms with Crippen molar-refractivity contribution in [3.8, 4) is 17.1 Å². The Kier molecular flexibility index (Phi) is 4.95. The Balaban J connectivity index is 1.65. The number of aromatic nitrogens is 3. The van der Waals surface area contributed by atoms with Crippen LogP contribution in [-0.4, -0.2) is 14.5 Å². The van der Waals surface area contributed by atoms with Crippen LogP contribution in [0.4, 0.5) is 0 Å². The van der Waals surface area contributed by atoms with Gasteiger partial charge in [0.05, 0.1) is 5.69 Å². The van der Waals surface area contributed by atoms with Crippen molar-refractivity contribution in [3.63, 3.8) is 0 Å². The second kappa shape index (κ2) is 8.05. The number of imidazole rings is 1. The minimum atomic E-state index is -0.0741. The molecule has 0 aliphatic carbocycles. The highest BCUT2D eigenvalue weighted by Crippen LogP contribution is 2.32. The van der Waals surface area contributed by atoms with Gasteiger partial charge in [-0.3, -0.25) is 9.36 Å². The van der Waals surface area contributed by atoms with Gasteiger partial charge in [-0.25, -0.2) is 4.98 Å². The number of fused-ring (bicyclic) bond motifs is 1. The molecule has 0 aromatic heterocycles. The molecule has 0 saturated heterocycles. The third kappa shape index (κ3) is 3.67. The maximum Gasteiger partial charge on any atom is 0.278 e. The Morgan fingerprint density at radius 1 is 0.833 bits per heavy atom. The van der Waals surface area contributed by atoms with Gasteiger partial charge in [-0.1, -0.05) is 90.6 Å². The van der Waals surface area contributed by atoms with Gasteiger partial charge in [-0.05, 0) is 23.3 Å². The normalized spacial score (nSPS) is 11.1. The molecule has 0 amide bonds. The van der Waals surface area contributed by atoms with E-state index < -0.39 is 0 Å². The molecule has 5 rings (SSSR count). The molecule has 0 unspecified atom stereocenters. The molecule has 2 heterocycles. The van der Waals surface area contributed by atoms with Crippen LogP contribution in [0.5, 0.6) is 0 Å². The third-order valence-corrected chi connectivity index (χ3v) is 5.90. The zero-order valence-corrected chi connectivity index (χ0v) is 17.0. The van der Waals surface area contributed by atoms with Gasteiger partial charge in [0.2, 0.25) is 0 Å². The first-order valence-corrected chi connectivity index (χ1v) is 10.6. The Labute approximate surface area is 178 Å². The molecule has 5 heteroatoms. The summed E-state index contributed by atoms with van der Waals surface area (Å²) in [6.45, 7) is 0. The fraction of sp³-hybridized carbons (Fsp3) is 0.0400. The van der Waals surface area contributed by atoms with E-state index in [2.05, 4.69) is 17.1 Å². The number of hydrogen-bond acceptors (Lipinski definition) is 3.